The number of carbonyl (C=O) groups is 1. The zero-order chi connectivity index (χ0) is 19.9. The van der Waals surface area contributed by atoms with E-state index in [0.29, 0.717) is 16.7 Å². The van der Waals surface area contributed by atoms with Crippen LogP contribution in [-0.4, -0.2) is 27.4 Å². The first kappa shape index (κ1) is 20.6. The van der Waals surface area contributed by atoms with Gasteiger partial charge in [0.1, 0.15) is 0 Å². The Labute approximate surface area is 175 Å². The Balaban J connectivity index is 1.81. The highest BCUT2D eigenvalue weighted by Crippen LogP contribution is 2.32. The van der Waals surface area contributed by atoms with Crippen LogP contribution in [-0.2, 0) is 11.3 Å². The van der Waals surface area contributed by atoms with Crippen LogP contribution in [0.25, 0.3) is 0 Å². The van der Waals surface area contributed by atoms with E-state index in [1.54, 1.807) is 11.1 Å². The van der Waals surface area contributed by atoms with Gasteiger partial charge in [-0.3, -0.25) is 9.69 Å². The molecule has 1 atom stereocenters. The number of unbranched alkanes of at least 4 members (excludes halogenated alkanes) is 1. The maximum absolute atomic E-state index is 13.0. The number of carbonyl (C=O) groups excluding carboxylic acids is 1. The molecule has 1 amide bonds. The lowest BCUT2D eigenvalue weighted by molar-refractivity contribution is -0.126. The van der Waals surface area contributed by atoms with Gasteiger partial charge in [-0.05, 0) is 42.2 Å². The molecule has 1 aliphatic rings. The first-order chi connectivity index (χ1) is 13.6. The molecule has 0 bridgehead atoms. The van der Waals surface area contributed by atoms with Crippen LogP contribution in [0.4, 0.5) is 0 Å². The topological polar surface area (TPSA) is 45.0 Å². The van der Waals surface area contributed by atoms with Crippen molar-refractivity contribution >= 4 is 40.7 Å². The Morgan fingerprint density at radius 2 is 1.93 bits per heavy atom. The summed E-state index contributed by atoms with van der Waals surface area (Å²) in [6.07, 6.45) is 4.65. The Bertz CT molecular complexity index is 880. The van der Waals surface area contributed by atoms with Gasteiger partial charge in [-0.2, -0.15) is 5.10 Å². The van der Waals surface area contributed by atoms with Gasteiger partial charge in [0.25, 0.3) is 0 Å². The van der Waals surface area contributed by atoms with Crippen molar-refractivity contribution < 1.29 is 4.79 Å². The SMILES string of the molecule is CCCCC1S/C(=N/N=C/c2ccc(Cl)cc2)N(Cc2ccccc2C)C1=O. The van der Waals surface area contributed by atoms with Crippen molar-refractivity contribution in [1.29, 1.82) is 0 Å². The van der Waals surface area contributed by atoms with Crippen LogP contribution in [0.1, 0.15) is 42.9 Å². The summed E-state index contributed by atoms with van der Waals surface area (Å²) in [5.41, 5.74) is 3.21. The Kier molecular flexibility index (Phi) is 7.29. The molecule has 1 saturated heterocycles. The first-order valence-electron chi connectivity index (χ1n) is 9.47. The van der Waals surface area contributed by atoms with E-state index in [9.17, 15) is 4.79 Å². The van der Waals surface area contributed by atoms with E-state index in [0.717, 1.165) is 30.4 Å². The number of thioether (sulfide) groups is 1. The second-order valence-electron chi connectivity index (χ2n) is 6.78. The van der Waals surface area contributed by atoms with Gasteiger partial charge in [0.05, 0.1) is 18.0 Å². The third kappa shape index (κ3) is 5.24. The van der Waals surface area contributed by atoms with Crippen LogP contribution in [0, 0.1) is 6.92 Å². The van der Waals surface area contributed by atoms with E-state index in [1.807, 2.05) is 36.4 Å². The van der Waals surface area contributed by atoms with E-state index < -0.39 is 0 Å². The molecule has 0 N–H and O–H groups in total. The van der Waals surface area contributed by atoms with Gasteiger partial charge < -0.3 is 0 Å². The molecule has 146 valence electrons. The standard InChI is InChI=1S/C22H24ClN3OS/c1-3-4-9-20-21(27)26(15-18-8-6-5-7-16(18)2)22(28-20)25-24-14-17-10-12-19(23)13-11-17/h5-8,10-14,20H,3-4,9,15H2,1-2H3/b24-14+,25-22+. The number of hydrogen-bond acceptors (Lipinski definition) is 4. The maximum atomic E-state index is 13.0. The number of halogens is 1. The predicted molar refractivity (Wildman–Crippen MR) is 119 cm³/mol. The number of aryl methyl sites for hydroxylation is 1. The van der Waals surface area contributed by atoms with E-state index >= 15 is 0 Å². The molecule has 3 rings (SSSR count). The fourth-order valence-corrected chi connectivity index (χ4v) is 4.23. The molecule has 28 heavy (non-hydrogen) atoms. The number of nitrogens with zero attached hydrogens (tertiary/aromatic N) is 3. The molecule has 4 nitrogen and oxygen atoms in total. The van der Waals surface area contributed by atoms with Crippen molar-refractivity contribution in [3.05, 3.63) is 70.2 Å². The quantitative estimate of drug-likeness (QED) is 0.433. The minimum absolute atomic E-state index is 0.0755. The normalized spacial score (nSPS) is 18.5. The van der Waals surface area contributed by atoms with Gasteiger partial charge in [-0.1, -0.05) is 79.5 Å². The summed E-state index contributed by atoms with van der Waals surface area (Å²) in [6.45, 7) is 4.73. The Hall–Kier alpha value is -2.11. The second-order valence-corrected chi connectivity index (χ2v) is 8.38. The Morgan fingerprint density at radius 3 is 2.64 bits per heavy atom. The summed E-state index contributed by atoms with van der Waals surface area (Å²) in [5, 5.41) is 9.87. The third-order valence-electron chi connectivity index (χ3n) is 4.65. The van der Waals surface area contributed by atoms with Crippen molar-refractivity contribution in [3.63, 3.8) is 0 Å². The molecule has 1 heterocycles. The highest BCUT2D eigenvalue weighted by atomic mass is 35.5. The van der Waals surface area contributed by atoms with Gasteiger partial charge >= 0.3 is 0 Å². The van der Waals surface area contributed by atoms with Gasteiger partial charge in [-0.15, -0.1) is 5.10 Å². The van der Waals surface area contributed by atoms with Crippen LogP contribution in [0.3, 0.4) is 0 Å². The molecule has 1 unspecified atom stereocenters. The fourth-order valence-electron chi connectivity index (χ4n) is 2.96. The van der Waals surface area contributed by atoms with Gasteiger partial charge in [0.2, 0.25) is 5.91 Å². The lowest BCUT2D eigenvalue weighted by atomic mass is 10.1. The van der Waals surface area contributed by atoms with Crippen molar-refractivity contribution in [2.24, 2.45) is 10.2 Å². The Morgan fingerprint density at radius 1 is 1.18 bits per heavy atom. The average Bonchev–Trinajstić information content (AvgIpc) is 2.98. The number of amides is 1. The zero-order valence-corrected chi connectivity index (χ0v) is 17.7. The molecule has 0 aromatic heterocycles. The van der Waals surface area contributed by atoms with Crippen LogP contribution >= 0.6 is 23.4 Å². The summed E-state index contributed by atoms with van der Waals surface area (Å²) in [5.74, 6) is 0.127. The molecule has 0 saturated carbocycles. The smallest absolute Gasteiger partial charge is 0.242 e. The molecule has 6 heteroatoms. The first-order valence-corrected chi connectivity index (χ1v) is 10.7. The molecule has 2 aromatic rings. The molecular formula is C22H24ClN3OS. The highest BCUT2D eigenvalue weighted by Gasteiger charge is 2.37. The fraction of sp³-hybridized carbons (Fsp3) is 0.318. The van der Waals surface area contributed by atoms with Crippen LogP contribution in [0.5, 0.6) is 0 Å². The van der Waals surface area contributed by atoms with E-state index in [1.165, 1.54) is 17.3 Å². The molecule has 0 aliphatic carbocycles. The highest BCUT2D eigenvalue weighted by molar-refractivity contribution is 8.15. The molecule has 1 aliphatic heterocycles. The zero-order valence-electron chi connectivity index (χ0n) is 16.1. The van der Waals surface area contributed by atoms with Crippen molar-refractivity contribution in [2.75, 3.05) is 0 Å². The van der Waals surface area contributed by atoms with Gasteiger partial charge in [0, 0.05) is 5.02 Å². The molecule has 0 radical (unpaired) electrons. The van der Waals surface area contributed by atoms with Crippen LogP contribution in [0.15, 0.2) is 58.7 Å². The monoisotopic (exact) mass is 413 g/mol. The summed E-state index contributed by atoms with van der Waals surface area (Å²) in [4.78, 5) is 14.7. The molecule has 1 fully saturated rings. The van der Waals surface area contributed by atoms with Crippen LogP contribution < -0.4 is 0 Å². The minimum atomic E-state index is -0.0755. The molecule has 2 aromatic carbocycles. The number of benzene rings is 2. The average molecular weight is 414 g/mol. The second kappa shape index (κ2) is 9.89. The summed E-state index contributed by atoms with van der Waals surface area (Å²) >= 11 is 7.43. The number of rotatable bonds is 7. The minimum Gasteiger partial charge on any atom is -0.284 e. The summed E-state index contributed by atoms with van der Waals surface area (Å²) in [7, 11) is 0. The lowest BCUT2D eigenvalue weighted by Crippen LogP contribution is -2.31. The van der Waals surface area contributed by atoms with E-state index in [2.05, 4.69) is 36.2 Å². The summed E-state index contributed by atoms with van der Waals surface area (Å²) in [6, 6.07) is 15.5. The molecule has 0 spiro atoms. The van der Waals surface area contributed by atoms with Gasteiger partial charge in [0.15, 0.2) is 5.17 Å². The number of amidine groups is 1. The lowest BCUT2D eigenvalue weighted by Gasteiger charge is -2.17. The largest absolute Gasteiger partial charge is 0.284 e. The van der Waals surface area contributed by atoms with Crippen molar-refractivity contribution in [1.82, 2.24) is 4.90 Å². The number of hydrogen-bond donors (Lipinski definition) is 0. The molecular weight excluding hydrogens is 390 g/mol. The van der Waals surface area contributed by atoms with Crippen molar-refractivity contribution in [3.8, 4) is 0 Å². The van der Waals surface area contributed by atoms with Gasteiger partial charge in [-0.25, -0.2) is 0 Å². The van der Waals surface area contributed by atoms with E-state index in [4.69, 9.17) is 11.6 Å². The predicted octanol–water partition coefficient (Wildman–Crippen LogP) is 5.67. The summed E-state index contributed by atoms with van der Waals surface area (Å²) < 4.78 is 0. The maximum Gasteiger partial charge on any atom is 0.242 e. The van der Waals surface area contributed by atoms with Crippen molar-refractivity contribution in [2.45, 2.75) is 44.9 Å². The van der Waals surface area contributed by atoms with E-state index in [-0.39, 0.29) is 11.2 Å². The third-order valence-corrected chi connectivity index (χ3v) is 6.14. The van der Waals surface area contributed by atoms with Crippen LogP contribution in [0.2, 0.25) is 5.02 Å².